The van der Waals surface area contributed by atoms with E-state index in [4.69, 9.17) is 0 Å². The molecular formula is C18H24N4O. The number of hydrogen-bond acceptors (Lipinski definition) is 3. The van der Waals surface area contributed by atoms with E-state index in [0.29, 0.717) is 6.54 Å². The first-order chi connectivity index (χ1) is 10.9. The Morgan fingerprint density at radius 3 is 2.48 bits per heavy atom. The molecule has 0 saturated carbocycles. The van der Waals surface area contributed by atoms with Crippen LogP contribution in [0, 0.1) is 0 Å². The van der Waals surface area contributed by atoms with E-state index >= 15 is 0 Å². The fraction of sp³-hybridized carbons (Fsp3) is 0.389. The maximum Gasteiger partial charge on any atom is 0.252 e. The zero-order valence-corrected chi connectivity index (χ0v) is 14.2. The average Bonchev–Trinajstić information content (AvgIpc) is 3.04. The highest BCUT2D eigenvalue weighted by Crippen LogP contribution is 2.31. The second-order valence-electron chi connectivity index (χ2n) is 6.73. The molecule has 5 heteroatoms. The molecule has 0 saturated heterocycles. The number of carbonyl (C=O) groups is 1. The minimum absolute atomic E-state index is 0.0233. The molecule has 0 fully saturated rings. The average molecular weight is 312 g/mol. The fourth-order valence-electron chi connectivity index (χ4n) is 3.14. The molecule has 1 aliphatic rings. The van der Waals surface area contributed by atoms with Crippen LogP contribution in [0.5, 0.6) is 0 Å². The van der Waals surface area contributed by atoms with E-state index in [2.05, 4.69) is 58.5 Å². The van der Waals surface area contributed by atoms with E-state index in [0.717, 1.165) is 41.2 Å². The molecule has 0 radical (unpaired) electrons. The second kappa shape index (κ2) is 6.18. The molecular weight excluding hydrogens is 288 g/mol. The largest absolute Gasteiger partial charge is 0.357 e. The highest BCUT2D eigenvalue weighted by molar-refractivity contribution is 6.04. The SMILES string of the molecule is CN(C)Cc1cc2c(c(-c3ccc(CN(C)C)[nH]3)c1)C(=O)NC2. The van der Waals surface area contributed by atoms with Crippen LogP contribution in [-0.2, 0) is 19.6 Å². The van der Waals surface area contributed by atoms with Crippen molar-refractivity contribution in [1.82, 2.24) is 20.1 Å². The Hall–Kier alpha value is -2.11. The molecule has 0 spiro atoms. The Morgan fingerprint density at radius 1 is 1.04 bits per heavy atom. The van der Waals surface area contributed by atoms with Gasteiger partial charge in [-0.2, -0.15) is 0 Å². The molecule has 1 amide bonds. The molecule has 1 aromatic heterocycles. The van der Waals surface area contributed by atoms with Gasteiger partial charge in [-0.3, -0.25) is 4.79 Å². The molecule has 0 atom stereocenters. The standard InChI is InChI=1S/C18H24N4O/c1-21(2)10-12-7-13-9-19-18(23)17(13)15(8-12)16-6-5-14(20-16)11-22(3)4/h5-8,20H,9-11H2,1-4H3,(H,19,23). The van der Waals surface area contributed by atoms with Crippen molar-refractivity contribution in [2.24, 2.45) is 0 Å². The molecule has 0 bridgehead atoms. The summed E-state index contributed by atoms with van der Waals surface area (Å²) in [5, 5.41) is 2.94. The van der Waals surface area contributed by atoms with Crippen molar-refractivity contribution in [2.75, 3.05) is 28.2 Å². The lowest BCUT2D eigenvalue weighted by Gasteiger charge is -2.13. The normalized spacial score (nSPS) is 13.7. The van der Waals surface area contributed by atoms with Gasteiger partial charge in [-0.1, -0.05) is 6.07 Å². The monoisotopic (exact) mass is 312 g/mol. The predicted molar refractivity (Wildman–Crippen MR) is 92.2 cm³/mol. The van der Waals surface area contributed by atoms with Gasteiger partial charge in [0.15, 0.2) is 0 Å². The van der Waals surface area contributed by atoms with E-state index in [1.807, 2.05) is 14.1 Å². The zero-order chi connectivity index (χ0) is 16.6. The summed E-state index contributed by atoms with van der Waals surface area (Å²) in [7, 11) is 8.20. The molecule has 2 N–H and O–H groups in total. The van der Waals surface area contributed by atoms with Crippen LogP contribution in [0.3, 0.4) is 0 Å². The van der Waals surface area contributed by atoms with E-state index in [1.54, 1.807) is 0 Å². The lowest BCUT2D eigenvalue weighted by atomic mass is 9.97. The van der Waals surface area contributed by atoms with Crippen molar-refractivity contribution >= 4 is 5.91 Å². The first-order valence-corrected chi connectivity index (χ1v) is 7.86. The van der Waals surface area contributed by atoms with Gasteiger partial charge in [-0.15, -0.1) is 0 Å². The second-order valence-corrected chi connectivity index (χ2v) is 6.73. The van der Waals surface area contributed by atoms with Crippen molar-refractivity contribution in [3.63, 3.8) is 0 Å². The molecule has 3 rings (SSSR count). The number of rotatable bonds is 5. The van der Waals surface area contributed by atoms with Crippen LogP contribution in [0.1, 0.15) is 27.2 Å². The Labute approximate surface area is 137 Å². The van der Waals surface area contributed by atoms with Gasteiger partial charge < -0.3 is 20.1 Å². The lowest BCUT2D eigenvalue weighted by Crippen LogP contribution is -2.13. The first-order valence-electron chi connectivity index (χ1n) is 7.86. The van der Waals surface area contributed by atoms with E-state index in [9.17, 15) is 4.79 Å². The number of benzene rings is 1. The Kier molecular flexibility index (Phi) is 4.24. The third-order valence-corrected chi connectivity index (χ3v) is 3.97. The van der Waals surface area contributed by atoms with Gasteiger partial charge in [0.2, 0.25) is 0 Å². The van der Waals surface area contributed by atoms with Gasteiger partial charge in [0.25, 0.3) is 5.91 Å². The van der Waals surface area contributed by atoms with Crippen molar-refractivity contribution < 1.29 is 4.79 Å². The number of H-pyrrole nitrogens is 1. The van der Waals surface area contributed by atoms with E-state index in [1.165, 1.54) is 5.56 Å². The molecule has 1 aromatic carbocycles. The molecule has 5 nitrogen and oxygen atoms in total. The summed E-state index contributed by atoms with van der Waals surface area (Å²) >= 11 is 0. The third kappa shape index (κ3) is 3.30. The van der Waals surface area contributed by atoms with Crippen LogP contribution in [0.4, 0.5) is 0 Å². The molecule has 122 valence electrons. The maximum absolute atomic E-state index is 12.2. The molecule has 0 aliphatic carbocycles. The van der Waals surface area contributed by atoms with Crippen LogP contribution < -0.4 is 5.32 Å². The molecule has 2 heterocycles. The predicted octanol–water partition coefficient (Wildman–Crippen LogP) is 2.05. The van der Waals surface area contributed by atoms with Gasteiger partial charge >= 0.3 is 0 Å². The highest BCUT2D eigenvalue weighted by Gasteiger charge is 2.24. The van der Waals surface area contributed by atoms with Crippen LogP contribution in [-0.4, -0.2) is 48.9 Å². The number of carbonyl (C=O) groups excluding carboxylic acids is 1. The summed E-state index contributed by atoms with van der Waals surface area (Å²) in [4.78, 5) is 20.0. The van der Waals surface area contributed by atoms with Crippen LogP contribution in [0.25, 0.3) is 11.3 Å². The van der Waals surface area contributed by atoms with E-state index in [-0.39, 0.29) is 5.91 Å². The quantitative estimate of drug-likeness (QED) is 0.888. The molecule has 23 heavy (non-hydrogen) atoms. The summed E-state index contributed by atoms with van der Waals surface area (Å²) in [6.07, 6.45) is 0. The topological polar surface area (TPSA) is 51.4 Å². The van der Waals surface area contributed by atoms with Crippen LogP contribution in [0.2, 0.25) is 0 Å². The van der Waals surface area contributed by atoms with Crippen molar-refractivity contribution in [3.05, 3.63) is 46.6 Å². The Bertz CT molecular complexity index is 731. The number of hydrogen-bond donors (Lipinski definition) is 2. The van der Waals surface area contributed by atoms with Crippen molar-refractivity contribution in [1.29, 1.82) is 0 Å². The number of amides is 1. The fourth-order valence-corrected chi connectivity index (χ4v) is 3.14. The number of aromatic amines is 1. The summed E-state index contributed by atoms with van der Waals surface area (Å²) in [5.41, 5.74) is 6.29. The Morgan fingerprint density at radius 2 is 1.78 bits per heavy atom. The Balaban J connectivity index is 2.04. The van der Waals surface area contributed by atoms with Crippen molar-refractivity contribution in [2.45, 2.75) is 19.6 Å². The van der Waals surface area contributed by atoms with Gasteiger partial charge in [0.05, 0.1) is 5.56 Å². The summed E-state index contributed by atoms with van der Waals surface area (Å²) in [6.45, 7) is 2.33. The molecule has 0 unspecified atom stereocenters. The van der Waals surface area contributed by atoms with Gasteiger partial charge in [-0.25, -0.2) is 0 Å². The zero-order valence-electron chi connectivity index (χ0n) is 14.2. The summed E-state index contributed by atoms with van der Waals surface area (Å²) < 4.78 is 0. The van der Waals surface area contributed by atoms with Crippen molar-refractivity contribution in [3.8, 4) is 11.3 Å². The minimum Gasteiger partial charge on any atom is -0.357 e. The van der Waals surface area contributed by atoms with Crippen LogP contribution >= 0.6 is 0 Å². The smallest absolute Gasteiger partial charge is 0.252 e. The van der Waals surface area contributed by atoms with Gasteiger partial charge in [-0.05, 0) is 57.5 Å². The summed E-state index contributed by atoms with van der Waals surface area (Å²) in [6, 6.07) is 8.43. The molecule has 1 aliphatic heterocycles. The number of fused-ring (bicyclic) bond motifs is 1. The highest BCUT2D eigenvalue weighted by atomic mass is 16.1. The third-order valence-electron chi connectivity index (χ3n) is 3.97. The number of nitrogens with zero attached hydrogens (tertiary/aromatic N) is 2. The maximum atomic E-state index is 12.2. The van der Waals surface area contributed by atoms with Crippen LogP contribution in [0.15, 0.2) is 24.3 Å². The minimum atomic E-state index is 0.0233. The van der Waals surface area contributed by atoms with E-state index < -0.39 is 0 Å². The number of aromatic nitrogens is 1. The summed E-state index contributed by atoms with van der Waals surface area (Å²) in [5.74, 6) is 0.0233. The lowest BCUT2D eigenvalue weighted by molar-refractivity contribution is 0.0966. The first kappa shape index (κ1) is 15.8. The molecule has 2 aromatic rings. The van der Waals surface area contributed by atoms with Gasteiger partial charge in [0, 0.05) is 36.6 Å². The number of nitrogens with one attached hydrogen (secondary N) is 2. The van der Waals surface area contributed by atoms with Gasteiger partial charge in [0.1, 0.15) is 0 Å².